The van der Waals surface area contributed by atoms with Crippen molar-refractivity contribution in [2.75, 3.05) is 0 Å². The van der Waals surface area contributed by atoms with E-state index in [4.69, 9.17) is 0 Å². The summed E-state index contributed by atoms with van der Waals surface area (Å²) in [5.74, 6) is -1.41. The van der Waals surface area contributed by atoms with E-state index >= 15 is 0 Å². The molecule has 0 N–H and O–H groups in total. The van der Waals surface area contributed by atoms with Crippen molar-refractivity contribution >= 4 is 23.7 Å². The molecule has 0 heterocycles. The van der Waals surface area contributed by atoms with E-state index in [0.717, 1.165) is 6.08 Å². The molecule has 10 heavy (non-hydrogen) atoms. The first kappa shape index (κ1) is 17.3. The maximum Gasteiger partial charge on any atom is 1.00 e. The predicted octanol–water partition coefficient (Wildman–Crippen LogP) is -7.63. The summed E-state index contributed by atoms with van der Waals surface area (Å²) in [4.78, 5) is 19.3. The minimum atomic E-state index is -1.41. The van der Waals surface area contributed by atoms with Gasteiger partial charge in [0.05, 0.1) is 5.97 Å². The first-order valence-corrected chi connectivity index (χ1v) is 2.14. The van der Waals surface area contributed by atoms with Gasteiger partial charge in [0, 0.05) is 5.12 Å². The van der Waals surface area contributed by atoms with Gasteiger partial charge in [-0.2, -0.15) is 0 Å². The molecule has 0 rings (SSSR count). The van der Waals surface area contributed by atoms with Crippen molar-refractivity contribution in [1.82, 2.24) is 0 Å². The van der Waals surface area contributed by atoms with Gasteiger partial charge in [-0.3, -0.25) is 0 Å². The zero-order chi connectivity index (χ0) is 6.57. The number of carboxylic acids is 1. The van der Waals surface area contributed by atoms with Gasteiger partial charge in [-0.1, -0.05) is 0 Å². The van der Waals surface area contributed by atoms with Crippen LogP contribution in [0.25, 0.3) is 0 Å². The smallest absolute Gasteiger partial charge is 0.737 e. The van der Waals surface area contributed by atoms with E-state index in [0.29, 0.717) is 6.08 Å². The van der Waals surface area contributed by atoms with Crippen molar-refractivity contribution in [2.45, 2.75) is 0 Å². The summed E-state index contributed by atoms with van der Waals surface area (Å²) in [5, 5.41) is 8.79. The topological polar surface area (TPSA) is 57.2 Å². The van der Waals surface area contributed by atoms with E-state index in [1.165, 1.54) is 0 Å². The minimum absolute atomic E-state index is 0. The summed E-state index contributed by atoms with van der Waals surface area (Å²) in [6.45, 7) is 0. The predicted molar refractivity (Wildman–Crippen MR) is 26.5 cm³/mol. The molecular formula is C4H2Na2O3S. The van der Waals surface area contributed by atoms with Crippen molar-refractivity contribution in [3.05, 3.63) is 12.2 Å². The summed E-state index contributed by atoms with van der Waals surface area (Å²) >= 11 is 3.98. The van der Waals surface area contributed by atoms with Crippen molar-refractivity contribution in [1.29, 1.82) is 0 Å². The zero-order valence-electron chi connectivity index (χ0n) is 5.79. The van der Waals surface area contributed by atoms with Crippen LogP contribution in [0, 0.1) is 0 Å². The Morgan fingerprint density at radius 1 is 1.20 bits per heavy atom. The number of hydrogen-bond acceptors (Lipinski definition) is 4. The molecule has 44 valence electrons. The number of carbonyl (C=O) groups is 2. The largest absolute Gasteiger partial charge is 1.00 e. The minimum Gasteiger partial charge on any atom is -0.737 e. The van der Waals surface area contributed by atoms with Gasteiger partial charge < -0.3 is 27.3 Å². The third-order valence-corrected chi connectivity index (χ3v) is 0.492. The molecule has 3 nitrogen and oxygen atoms in total. The second-order valence-corrected chi connectivity index (χ2v) is 1.37. The van der Waals surface area contributed by atoms with Crippen molar-refractivity contribution in [2.24, 2.45) is 0 Å². The second kappa shape index (κ2) is 10.1. The third-order valence-electron chi connectivity index (χ3n) is 0.355. The van der Waals surface area contributed by atoms with Crippen molar-refractivity contribution < 1.29 is 73.8 Å². The molecule has 0 aromatic carbocycles. The molecule has 0 unspecified atom stereocenters. The molecular weight excluding hydrogens is 174 g/mol. The fourth-order valence-corrected chi connectivity index (χ4v) is 0.204. The van der Waals surface area contributed by atoms with Gasteiger partial charge in [-0.15, -0.1) is 0 Å². The van der Waals surface area contributed by atoms with Crippen LogP contribution in [0.3, 0.4) is 0 Å². The van der Waals surface area contributed by atoms with Gasteiger partial charge in [-0.25, -0.2) is 0 Å². The average Bonchev–Trinajstić information content (AvgIpc) is 1.61. The van der Waals surface area contributed by atoms with Crippen LogP contribution in [-0.2, 0) is 22.2 Å². The van der Waals surface area contributed by atoms with Crippen molar-refractivity contribution in [3.63, 3.8) is 0 Å². The fraction of sp³-hybridized carbons (Fsp3) is 0. The van der Waals surface area contributed by atoms with Gasteiger partial charge in [0.1, 0.15) is 0 Å². The maximum absolute atomic E-state index is 9.79. The Hall–Kier alpha value is 1.10. The summed E-state index contributed by atoms with van der Waals surface area (Å²) in [5.41, 5.74) is 0. The molecule has 0 aliphatic rings. The van der Waals surface area contributed by atoms with E-state index < -0.39 is 11.1 Å². The quantitative estimate of drug-likeness (QED) is 0.238. The van der Waals surface area contributed by atoms with Gasteiger partial charge >= 0.3 is 59.1 Å². The average molecular weight is 176 g/mol. The molecule has 0 aliphatic heterocycles. The molecule has 0 bridgehead atoms. The summed E-state index contributed by atoms with van der Waals surface area (Å²) in [6, 6.07) is 0. The van der Waals surface area contributed by atoms with Gasteiger partial charge in [0.2, 0.25) is 0 Å². The number of aliphatic carboxylic acids is 1. The van der Waals surface area contributed by atoms with E-state index in [2.05, 4.69) is 12.6 Å². The Morgan fingerprint density at radius 2 is 1.60 bits per heavy atom. The normalized spacial score (nSPS) is 7.60. The standard InChI is InChI=1S/C4H4O3S.2Na/c5-3(6)1-2-4(7)8;;/h1-2H,(H,5,6)(H,7,8);;/q;2*+1/p-2. The Labute approximate surface area is 108 Å². The third kappa shape index (κ3) is 16.0. The molecule has 0 spiro atoms. The van der Waals surface area contributed by atoms with Crippen molar-refractivity contribution in [3.8, 4) is 0 Å². The summed E-state index contributed by atoms with van der Waals surface area (Å²) in [6.07, 6.45) is 1.35. The molecule has 0 aromatic rings. The maximum atomic E-state index is 9.79. The molecule has 0 atom stereocenters. The van der Waals surface area contributed by atoms with Crippen LogP contribution in [-0.4, -0.2) is 11.1 Å². The molecule has 0 radical (unpaired) electrons. The zero-order valence-corrected chi connectivity index (χ0v) is 10.6. The molecule has 0 amide bonds. The van der Waals surface area contributed by atoms with Crippen LogP contribution in [0.5, 0.6) is 0 Å². The van der Waals surface area contributed by atoms with Crippen LogP contribution >= 0.6 is 0 Å². The molecule has 6 heteroatoms. The summed E-state index contributed by atoms with van der Waals surface area (Å²) < 4.78 is 0. The van der Waals surface area contributed by atoms with E-state index in [1.54, 1.807) is 0 Å². The first-order valence-electron chi connectivity index (χ1n) is 1.73. The monoisotopic (exact) mass is 176 g/mol. The van der Waals surface area contributed by atoms with Crippen LogP contribution in [0.1, 0.15) is 0 Å². The van der Waals surface area contributed by atoms with E-state index in [9.17, 15) is 14.7 Å². The van der Waals surface area contributed by atoms with E-state index in [-0.39, 0.29) is 59.1 Å². The Kier molecular flexibility index (Phi) is 17.4. The Balaban J connectivity index is -0.000000245. The molecule has 0 aliphatic carbocycles. The Bertz CT molecular complexity index is 129. The number of rotatable bonds is 2. The van der Waals surface area contributed by atoms with Gasteiger partial charge in [-0.05, 0) is 12.2 Å². The molecule has 0 saturated heterocycles. The summed E-state index contributed by atoms with van der Waals surface area (Å²) in [7, 11) is 0. The van der Waals surface area contributed by atoms with E-state index in [1.807, 2.05) is 0 Å². The van der Waals surface area contributed by atoms with Crippen LogP contribution in [0.4, 0.5) is 0 Å². The first-order chi connectivity index (χ1) is 3.63. The molecule has 0 aromatic heterocycles. The SMILES string of the molecule is O=C([O-])C=CC(=O)[S-].[Na+].[Na+]. The second-order valence-electron chi connectivity index (χ2n) is 0.971. The number of carbonyl (C=O) groups excluding carboxylic acids is 2. The molecule has 0 fully saturated rings. The van der Waals surface area contributed by atoms with Gasteiger partial charge in [0.25, 0.3) is 0 Å². The fourth-order valence-electron chi connectivity index (χ4n) is 0.136. The number of carboxylic acid groups (broad SMARTS) is 1. The number of hydrogen-bond donors (Lipinski definition) is 0. The van der Waals surface area contributed by atoms with Crippen LogP contribution in [0.15, 0.2) is 12.2 Å². The van der Waals surface area contributed by atoms with Crippen LogP contribution in [0.2, 0.25) is 0 Å². The van der Waals surface area contributed by atoms with Gasteiger partial charge in [0.15, 0.2) is 0 Å². The van der Waals surface area contributed by atoms with Crippen LogP contribution < -0.4 is 64.2 Å². The Morgan fingerprint density at radius 3 is 1.70 bits per heavy atom. The molecule has 0 saturated carbocycles.